The van der Waals surface area contributed by atoms with Gasteiger partial charge in [0, 0.05) is 0 Å². The Kier molecular flexibility index (Phi) is 8.55. The highest BCUT2D eigenvalue weighted by Crippen LogP contribution is 2.53. The third kappa shape index (κ3) is 5.62. The average Bonchev–Trinajstić information content (AvgIpc) is 3.67. The van der Waals surface area contributed by atoms with E-state index in [-0.39, 0.29) is 5.92 Å². The molecule has 236 valence electrons. The molecule has 7 unspecified atom stereocenters. The highest BCUT2D eigenvalue weighted by Gasteiger charge is 2.72. The lowest BCUT2D eigenvalue weighted by atomic mass is 9.75. The Labute approximate surface area is 240 Å². The number of carbonyl (C=O) groups is 4. The molecule has 42 heavy (non-hydrogen) atoms. The number of fused-ring (bicyclic) bond motifs is 1. The van der Waals surface area contributed by atoms with Crippen LogP contribution in [0.2, 0.25) is 0 Å². The zero-order chi connectivity index (χ0) is 30.4. The number of esters is 4. The maximum atomic E-state index is 13.6. The van der Waals surface area contributed by atoms with E-state index >= 15 is 0 Å². The first-order valence-electron chi connectivity index (χ1n) is 14.2. The smallest absolute Gasteiger partial charge is 0.405 e. The van der Waals surface area contributed by atoms with Crippen LogP contribution in [0.3, 0.4) is 0 Å². The molecule has 5 fully saturated rings. The number of hydrogen-bond donors (Lipinski definition) is 1. The Morgan fingerprint density at radius 3 is 2.31 bits per heavy atom. The summed E-state index contributed by atoms with van der Waals surface area (Å²) >= 11 is 0. The van der Waals surface area contributed by atoms with Crippen molar-refractivity contribution in [3.05, 3.63) is 0 Å². The Morgan fingerprint density at radius 2 is 1.67 bits per heavy atom. The zero-order valence-corrected chi connectivity index (χ0v) is 23.7. The Bertz CT molecular complexity index is 1190. The molecule has 0 aromatic carbocycles. The number of ether oxygens (including phenoxy) is 6. The van der Waals surface area contributed by atoms with Crippen LogP contribution in [0.25, 0.3) is 0 Å². The van der Waals surface area contributed by atoms with Crippen LogP contribution in [0.5, 0.6) is 0 Å². The molecule has 2 aliphatic carbocycles. The van der Waals surface area contributed by atoms with E-state index in [9.17, 15) is 36.4 Å². The molecule has 0 amide bonds. The lowest BCUT2D eigenvalue weighted by Crippen LogP contribution is -2.50. The molecular formula is C26H34F2O13S. The third-order valence-electron chi connectivity index (χ3n) is 9.11. The van der Waals surface area contributed by atoms with Gasteiger partial charge in [0.25, 0.3) is 0 Å². The summed E-state index contributed by atoms with van der Waals surface area (Å²) in [6.07, 6.45) is 2.25. The molecule has 1 N–H and O–H groups in total. The van der Waals surface area contributed by atoms with Gasteiger partial charge >= 0.3 is 39.2 Å². The molecule has 7 atom stereocenters. The molecule has 0 aromatic heterocycles. The minimum Gasteiger partial charge on any atom is -0.458 e. The van der Waals surface area contributed by atoms with Gasteiger partial charge in [0.05, 0.1) is 0 Å². The molecule has 0 spiro atoms. The second-order valence-corrected chi connectivity index (χ2v) is 13.2. The second-order valence-electron chi connectivity index (χ2n) is 11.7. The van der Waals surface area contributed by atoms with Gasteiger partial charge in [0.1, 0.15) is 42.9 Å². The molecule has 16 heteroatoms. The number of rotatable bonds is 11. The lowest BCUT2D eigenvalue weighted by Gasteiger charge is -2.40. The summed E-state index contributed by atoms with van der Waals surface area (Å²) in [5.74, 6) is -5.32. The summed E-state index contributed by atoms with van der Waals surface area (Å²) in [4.78, 5) is 50.6. The summed E-state index contributed by atoms with van der Waals surface area (Å²) in [7, 11) is -5.84. The van der Waals surface area contributed by atoms with Gasteiger partial charge in [-0.05, 0) is 51.4 Å². The highest BCUT2D eigenvalue weighted by atomic mass is 32.2. The highest BCUT2D eigenvalue weighted by molar-refractivity contribution is 7.86. The van der Waals surface area contributed by atoms with Crippen molar-refractivity contribution in [1.82, 2.24) is 0 Å². The maximum Gasteiger partial charge on any atom is 0.405 e. The van der Waals surface area contributed by atoms with Crippen LogP contribution in [0.1, 0.15) is 64.7 Å². The average molecular weight is 625 g/mol. The van der Waals surface area contributed by atoms with Crippen LogP contribution in [0.15, 0.2) is 0 Å². The van der Waals surface area contributed by atoms with Crippen molar-refractivity contribution < 1.29 is 69.4 Å². The van der Waals surface area contributed by atoms with Crippen LogP contribution < -0.4 is 0 Å². The van der Waals surface area contributed by atoms with Crippen LogP contribution >= 0.6 is 0 Å². The largest absolute Gasteiger partial charge is 0.458 e. The minimum atomic E-state index is -5.84. The van der Waals surface area contributed by atoms with Gasteiger partial charge < -0.3 is 28.4 Å². The van der Waals surface area contributed by atoms with E-state index in [0.717, 1.165) is 57.8 Å². The topological polar surface area (TPSA) is 178 Å². The SMILES string of the molecule is CC(OC(=O)COCC(=O)OC1C2OC(=O)C3C2OC1C3C(=O)OC1(C2CCCCC2)CCCC1)C(F)(F)S(=O)(=O)O. The zero-order valence-electron chi connectivity index (χ0n) is 22.9. The van der Waals surface area contributed by atoms with Crippen molar-refractivity contribution in [3.63, 3.8) is 0 Å². The predicted molar refractivity (Wildman–Crippen MR) is 132 cm³/mol. The van der Waals surface area contributed by atoms with Crippen molar-refractivity contribution in [2.75, 3.05) is 13.2 Å². The molecule has 3 aliphatic heterocycles. The standard InChI is InChI=1S/C26H34F2O13S/c1-13(26(27,28)42(33,34)35)37-15(29)11-36-12-16(30)38-21-20-18(17-19(39-20)22(21)40-23(17)31)24(32)41-25(9-5-6-10-25)14-7-3-2-4-8-14/h13-14,17-22H,2-12H2,1H3,(H,33,34,35). The normalized spacial score (nSPS) is 32.8. The first-order chi connectivity index (χ1) is 19.7. The third-order valence-corrected chi connectivity index (χ3v) is 10.1. The second kappa shape index (κ2) is 11.6. The fraction of sp³-hybridized carbons (Fsp3) is 0.846. The number of hydrogen-bond acceptors (Lipinski definition) is 12. The summed E-state index contributed by atoms with van der Waals surface area (Å²) in [6, 6.07) is 0. The van der Waals surface area contributed by atoms with Gasteiger partial charge in [-0.2, -0.15) is 17.2 Å². The van der Waals surface area contributed by atoms with Gasteiger partial charge in [0.2, 0.25) is 0 Å². The predicted octanol–water partition coefficient (Wildman–Crippen LogP) is 1.70. The van der Waals surface area contributed by atoms with E-state index in [2.05, 4.69) is 4.74 Å². The van der Waals surface area contributed by atoms with Crippen molar-refractivity contribution in [2.45, 2.75) is 106 Å². The molecular weight excluding hydrogens is 590 g/mol. The molecule has 2 saturated carbocycles. The monoisotopic (exact) mass is 624 g/mol. The Morgan fingerprint density at radius 1 is 1.02 bits per heavy atom. The lowest BCUT2D eigenvalue weighted by molar-refractivity contribution is -0.181. The van der Waals surface area contributed by atoms with Gasteiger partial charge in [-0.1, -0.05) is 19.3 Å². The first kappa shape index (κ1) is 31.0. The molecule has 13 nitrogen and oxygen atoms in total. The molecule has 3 saturated heterocycles. The first-order valence-corrected chi connectivity index (χ1v) is 15.6. The van der Waals surface area contributed by atoms with E-state index < -0.39 is 100 Å². The van der Waals surface area contributed by atoms with E-state index in [1.165, 1.54) is 0 Å². The quantitative estimate of drug-likeness (QED) is 0.200. The number of carbonyl (C=O) groups excluding carboxylic acids is 4. The fourth-order valence-corrected chi connectivity index (χ4v) is 7.58. The molecule has 5 rings (SSSR count). The van der Waals surface area contributed by atoms with E-state index in [0.29, 0.717) is 6.92 Å². The van der Waals surface area contributed by atoms with Crippen LogP contribution in [-0.2, 0) is 57.7 Å². The van der Waals surface area contributed by atoms with Crippen LogP contribution in [0, 0.1) is 17.8 Å². The molecule has 5 aliphatic rings. The van der Waals surface area contributed by atoms with Crippen LogP contribution in [0.4, 0.5) is 8.78 Å². The number of halogens is 2. The molecule has 0 radical (unpaired) electrons. The minimum absolute atomic E-state index is 0.250. The Hall–Kier alpha value is -2.43. The van der Waals surface area contributed by atoms with E-state index in [1.54, 1.807) is 0 Å². The summed E-state index contributed by atoms with van der Waals surface area (Å²) < 4.78 is 89.2. The van der Waals surface area contributed by atoms with Gasteiger partial charge in [-0.3, -0.25) is 14.1 Å². The molecule has 3 heterocycles. The number of alkyl halides is 2. The Balaban J connectivity index is 1.17. The van der Waals surface area contributed by atoms with Crippen molar-refractivity contribution >= 4 is 34.0 Å². The summed E-state index contributed by atoms with van der Waals surface area (Å²) in [5, 5.41) is -4.76. The van der Waals surface area contributed by atoms with E-state index in [1.807, 2.05) is 0 Å². The molecule has 2 bridgehead atoms. The fourth-order valence-electron chi connectivity index (χ4n) is 7.12. The van der Waals surface area contributed by atoms with Crippen molar-refractivity contribution in [1.29, 1.82) is 0 Å². The maximum absolute atomic E-state index is 13.6. The van der Waals surface area contributed by atoms with Crippen molar-refractivity contribution in [3.8, 4) is 0 Å². The van der Waals surface area contributed by atoms with Gasteiger partial charge in [-0.15, -0.1) is 0 Å². The summed E-state index contributed by atoms with van der Waals surface area (Å²) in [6.45, 7) is -1.32. The van der Waals surface area contributed by atoms with Gasteiger partial charge in [0.15, 0.2) is 18.3 Å². The summed E-state index contributed by atoms with van der Waals surface area (Å²) in [5.41, 5.74) is -0.585. The van der Waals surface area contributed by atoms with Gasteiger partial charge in [-0.25, -0.2) is 9.59 Å². The van der Waals surface area contributed by atoms with Crippen LogP contribution in [-0.4, -0.2) is 91.4 Å². The van der Waals surface area contributed by atoms with E-state index in [4.69, 9.17) is 28.2 Å². The molecule has 0 aromatic rings. The van der Waals surface area contributed by atoms with Crippen molar-refractivity contribution in [2.24, 2.45) is 17.8 Å².